The number of anilines is 1. The lowest BCUT2D eigenvalue weighted by atomic mass is 9.97. The van der Waals surface area contributed by atoms with E-state index in [4.69, 9.17) is 0 Å². The maximum absolute atomic E-state index is 9.91. The molecule has 2 aromatic carbocycles. The van der Waals surface area contributed by atoms with Crippen LogP contribution >= 0.6 is 0 Å². The summed E-state index contributed by atoms with van der Waals surface area (Å²) in [5.74, 6) is -0.0507. The van der Waals surface area contributed by atoms with Crippen LogP contribution in [-0.2, 0) is 19.5 Å². The van der Waals surface area contributed by atoms with Gasteiger partial charge in [-0.25, -0.2) is 4.98 Å². The van der Waals surface area contributed by atoms with Gasteiger partial charge >= 0.3 is 0 Å². The van der Waals surface area contributed by atoms with Crippen LogP contribution in [-0.4, -0.2) is 71.2 Å². The van der Waals surface area contributed by atoms with Crippen LogP contribution in [0.15, 0.2) is 42.5 Å². The summed E-state index contributed by atoms with van der Waals surface area (Å²) < 4.78 is 0. The molecule has 7 nitrogen and oxygen atoms in total. The standard InChI is InChI=1S/C28H32N6O/c1-19-15-33(26-6-4-22(13-29)28-25(26)5-7-27(35)31-28)18-24-17-32(10-11-34(19)24)16-20-2-3-21-8-9-30-14-23(21)12-20/h2-7,12,19,24,30H,8-11,14-18H2,1H3,(H,31,35). The molecule has 0 aliphatic carbocycles. The Bertz CT molecular complexity index is 1300. The van der Waals surface area contributed by atoms with Crippen molar-refractivity contribution >= 4 is 16.6 Å². The largest absolute Gasteiger partial charge is 0.493 e. The SMILES string of the molecule is CC1CN(c2ccc(C#N)c3nc(O)ccc23)CC2CN(Cc3ccc4c(c3)CNCC4)CCN12. The van der Waals surface area contributed by atoms with Gasteiger partial charge in [-0.2, -0.15) is 5.26 Å². The molecule has 2 unspecified atom stereocenters. The molecule has 1 aromatic heterocycles. The molecule has 2 saturated heterocycles. The fourth-order valence-corrected chi connectivity index (χ4v) is 6.22. The highest BCUT2D eigenvalue weighted by molar-refractivity contribution is 5.95. The van der Waals surface area contributed by atoms with Crippen LogP contribution < -0.4 is 10.2 Å². The van der Waals surface area contributed by atoms with Gasteiger partial charge in [0.05, 0.1) is 11.1 Å². The summed E-state index contributed by atoms with van der Waals surface area (Å²) >= 11 is 0. The van der Waals surface area contributed by atoms with Crippen LogP contribution in [0.5, 0.6) is 5.88 Å². The Balaban J connectivity index is 1.22. The second kappa shape index (κ2) is 9.12. The van der Waals surface area contributed by atoms with E-state index in [0.29, 0.717) is 23.2 Å². The molecule has 2 N–H and O–H groups in total. The number of piperazine rings is 2. The van der Waals surface area contributed by atoms with Gasteiger partial charge < -0.3 is 15.3 Å². The van der Waals surface area contributed by atoms with Crippen molar-refractivity contribution in [2.24, 2.45) is 0 Å². The number of hydrogen-bond donors (Lipinski definition) is 2. The maximum Gasteiger partial charge on any atom is 0.211 e. The Kier molecular flexibility index (Phi) is 5.81. The zero-order chi connectivity index (χ0) is 23.9. The molecule has 0 radical (unpaired) electrons. The number of aromatic hydroxyl groups is 1. The Morgan fingerprint density at radius 1 is 1.09 bits per heavy atom. The van der Waals surface area contributed by atoms with Crippen molar-refractivity contribution in [1.82, 2.24) is 20.1 Å². The van der Waals surface area contributed by atoms with E-state index in [1.54, 1.807) is 6.07 Å². The number of pyridine rings is 1. The fourth-order valence-electron chi connectivity index (χ4n) is 6.22. The maximum atomic E-state index is 9.91. The van der Waals surface area contributed by atoms with Gasteiger partial charge in [-0.05, 0) is 54.8 Å². The normalized spacial score (nSPS) is 23.0. The molecular formula is C28H32N6O. The van der Waals surface area contributed by atoms with Gasteiger partial charge in [0, 0.05) is 75.0 Å². The van der Waals surface area contributed by atoms with E-state index in [0.717, 1.165) is 69.9 Å². The number of aromatic nitrogens is 1. The molecule has 7 heteroatoms. The summed E-state index contributed by atoms with van der Waals surface area (Å²) in [7, 11) is 0. The van der Waals surface area contributed by atoms with Crippen molar-refractivity contribution in [2.45, 2.75) is 38.5 Å². The van der Waals surface area contributed by atoms with Crippen LogP contribution in [0.25, 0.3) is 10.9 Å². The van der Waals surface area contributed by atoms with Gasteiger partial charge in [0.25, 0.3) is 0 Å². The first kappa shape index (κ1) is 22.3. The number of nitrogens with zero attached hydrogens (tertiary/aromatic N) is 5. The number of nitrogens with one attached hydrogen (secondary N) is 1. The molecule has 3 aliphatic heterocycles. The lowest BCUT2D eigenvalue weighted by molar-refractivity contribution is 0.0317. The number of nitriles is 1. The molecule has 0 bridgehead atoms. The summed E-state index contributed by atoms with van der Waals surface area (Å²) in [6.07, 6.45) is 1.13. The van der Waals surface area contributed by atoms with E-state index < -0.39 is 0 Å². The van der Waals surface area contributed by atoms with Crippen LogP contribution in [0.4, 0.5) is 5.69 Å². The van der Waals surface area contributed by atoms with Gasteiger partial charge in [0.1, 0.15) is 6.07 Å². The third kappa shape index (κ3) is 4.23. The Morgan fingerprint density at radius 2 is 2.00 bits per heavy atom. The first-order valence-corrected chi connectivity index (χ1v) is 12.7. The van der Waals surface area contributed by atoms with Crippen molar-refractivity contribution < 1.29 is 5.11 Å². The smallest absolute Gasteiger partial charge is 0.211 e. The minimum Gasteiger partial charge on any atom is -0.493 e. The molecule has 6 rings (SSSR count). The summed E-state index contributed by atoms with van der Waals surface area (Å²) in [6.45, 7) is 10.5. The lowest BCUT2D eigenvalue weighted by Gasteiger charge is -2.51. The first-order chi connectivity index (χ1) is 17.1. The van der Waals surface area contributed by atoms with Crippen molar-refractivity contribution in [2.75, 3.05) is 44.2 Å². The summed E-state index contributed by atoms with van der Waals surface area (Å²) in [5.41, 5.74) is 6.52. The quantitative estimate of drug-likeness (QED) is 0.612. The van der Waals surface area contributed by atoms with E-state index in [1.807, 2.05) is 18.2 Å². The number of hydrogen-bond acceptors (Lipinski definition) is 7. The van der Waals surface area contributed by atoms with Gasteiger partial charge in [0.15, 0.2) is 0 Å². The molecule has 35 heavy (non-hydrogen) atoms. The topological polar surface area (TPSA) is 78.7 Å². The Hall–Kier alpha value is -3.18. The molecular weight excluding hydrogens is 436 g/mol. The van der Waals surface area contributed by atoms with Crippen LogP contribution in [0.3, 0.4) is 0 Å². The van der Waals surface area contributed by atoms with E-state index in [1.165, 1.54) is 16.7 Å². The van der Waals surface area contributed by atoms with Gasteiger partial charge in [-0.3, -0.25) is 9.80 Å². The minimum atomic E-state index is -0.0507. The fraction of sp³-hybridized carbons (Fsp3) is 0.429. The third-order valence-electron chi connectivity index (χ3n) is 7.94. The van der Waals surface area contributed by atoms with E-state index >= 15 is 0 Å². The summed E-state index contributed by atoms with van der Waals surface area (Å²) in [5, 5.41) is 23.9. The summed E-state index contributed by atoms with van der Waals surface area (Å²) in [6, 6.07) is 17.5. The first-order valence-electron chi connectivity index (χ1n) is 12.7. The molecule has 0 saturated carbocycles. The van der Waals surface area contributed by atoms with E-state index in [2.05, 4.69) is 56.2 Å². The molecule has 180 valence electrons. The van der Waals surface area contributed by atoms with Crippen LogP contribution in [0.1, 0.15) is 29.2 Å². The average Bonchev–Trinajstić information content (AvgIpc) is 2.87. The molecule has 4 heterocycles. The Labute approximate surface area is 206 Å². The van der Waals surface area contributed by atoms with E-state index in [9.17, 15) is 10.4 Å². The average molecular weight is 469 g/mol. The van der Waals surface area contributed by atoms with Crippen molar-refractivity contribution in [3.05, 3.63) is 64.7 Å². The molecule has 2 fully saturated rings. The van der Waals surface area contributed by atoms with Gasteiger partial charge in [0.2, 0.25) is 5.88 Å². The monoisotopic (exact) mass is 468 g/mol. The third-order valence-corrected chi connectivity index (χ3v) is 7.94. The van der Waals surface area contributed by atoms with Crippen molar-refractivity contribution in [3.63, 3.8) is 0 Å². The van der Waals surface area contributed by atoms with Crippen molar-refractivity contribution in [1.29, 1.82) is 5.26 Å². The Morgan fingerprint density at radius 3 is 2.89 bits per heavy atom. The highest BCUT2D eigenvalue weighted by atomic mass is 16.3. The number of benzene rings is 2. The highest BCUT2D eigenvalue weighted by Crippen LogP contribution is 2.33. The molecule has 3 aliphatic rings. The highest BCUT2D eigenvalue weighted by Gasteiger charge is 2.36. The van der Waals surface area contributed by atoms with Crippen LogP contribution in [0.2, 0.25) is 0 Å². The molecule has 0 amide bonds. The lowest BCUT2D eigenvalue weighted by Crippen LogP contribution is -2.65. The minimum absolute atomic E-state index is 0.0507. The zero-order valence-corrected chi connectivity index (χ0v) is 20.2. The zero-order valence-electron chi connectivity index (χ0n) is 20.2. The molecule has 2 atom stereocenters. The van der Waals surface area contributed by atoms with Crippen molar-refractivity contribution in [3.8, 4) is 11.9 Å². The van der Waals surface area contributed by atoms with Gasteiger partial charge in [-0.1, -0.05) is 18.2 Å². The number of fused-ring (bicyclic) bond motifs is 3. The van der Waals surface area contributed by atoms with Gasteiger partial charge in [-0.15, -0.1) is 0 Å². The predicted octanol–water partition coefficient (Wildman–Crippen LogP) is 2.85. The number of rotatable bonds is 3. The predicted molar refractivity (Wildman–Crippen MR) is 137 cm³/mol. The molecule has 0 spiro atoms. The summed E-state index contributed by atoms with van der Waals surface area (Å²) in [4.78, 5) is 12.0. The second-order valence-electron chi connectivity index (χ2n) is 10.2. The van der Waals surface area contributed by atoms with Crippen LogP contribution in [0, 0.1) is 11.3 Å². The second-order valence-corrected chi connectivity index (χ2v) is 10.2. The molecule has 3 aromatic rings. The van der Waals surface area contributed by atoms with E-state index in [-0.39, 0.29) is 5.88 Å².